The van der Waals surface area contributed by atoms with Gasteiger partial charge in [0.05, 0.1) is 17.6 Å². The zero-order valence-corrected chi connectivity index (χ0v) is 17.6. The summed E-state index contributed by atoms with van der Waals surface area (Å²) in [5.41, 5.74) is 4.15. The van der Waals surface area contributed by atoms with Crippen LogP contribution < -0.4 is 14.8 Å². The predicted molar refractivity (Wildman–Crippen MR) is 118 cm³/mol. The Morgan fingerprint density at radius 3 is 2.63 bits per heavy atom. The maximum atomic E-state index is 6.26. The molecule has 152 valence electrons. The molecule has 0 amide bonds. The van der Waals surface area contributed by atoms with Crippen molar-refractivity contribution in [1.29, 1.82) is 0 Å². The molecule has 0 radical (unpaired) electrons. The Kier molecular flexibility index (Phi) is 5.25. The third-order valence-electron chi connectivity index (χ3n) is 5.07. The zero-order valence-electron chi connectivity index (χ0n) is 16.1. The molecule has 2 heterocycles. The average Bonchev–Trinajstić information content (AvgIpc) is 3.33. The molecule has 3 aromatic carbocycles. The summed E-state index contributed by atoms with van der Waals surface area (Å²) in [6, 6.07) is 19.6. The summed E-state index contributed by atoms with van der Waals surface area (Å²) >= 11 is 12.4. The van der Waals surface area contributed by atoms with E-state index in [2.05, 4.69) is 16.0 Å². The monoisotopic (exact) mass is 439 g/mol. The van der Waals surface area contributed by atoms with Gasteiger partial charge in [0.2, 0.25) is 6.79 Å². The van der Waals surface area contributed by atoms with E-state index in [1.807, 2.05) is 54.6 Å². The van der Waals surface area contributed by atoms with E-state index in [4.69, 9.17) is 37.7 Å². The molecule has 1 aliphatic rings. The third-order valence-corrected chi connectivity index (χ3v) is 5.54. The lowest BCUT2D eigenvalue weighted by atomic mass is 10.2. The lowest BCUT2D eigenvalue weighted by molar-refractivity contribution is 0.174. The molecule has 0 bridgehead atoms. The number of halogens is 2. The Morgan fingerprint density at radius 2 is 1.73 bits per heavy atom. The smallest absolute Gasteiger partial charge is 0.231 e. The second-order valence-electron chi connectivity index (χ2n) is 7.17. The van der Waals surface area contributed by atoms with E-state index in [0.29, 0.717) is 24.7 Å². The van der Waals surface area contributed by atoms with Gasteiger partial charge in [0.1, 0.15) is 5.82 Å². The maximum absolute atomic E-state index is 6.26. The molecule has 4 aromatic rings. The molecule has 1 aromatic heterocycles. The topological polar surface area (TPSA) is 48.3 Å². The number of benzene rings is 3. The van der Waals surface area contributed by atoms with Gasteiger partial charge >= 0.3 is 0 Å². The first-order valence-electron chi connectivity index (χ1n) is 9.64. The standard InChI is InChI=1S/C23H19Cl2N3O2/c24-17-3-1-2-16(8-17)13-28-20-10-18(25)5-6-19(20)27-23(28)12-26-11-15-4-7-21-22(9-15)30-14-29-21/h1-10,26H,11-14H2. The van der Waals surface area contributed by atoms with Crippen molar-refractivity contribution in [3.05, 3.63) is 87.7 Å². The molecule has 5 rings (SSSR count). The Bertz CT molecular complexity index is 1220. The number of hydrogen-bond acceptors (Lipinski definition) is 4. The normalized spacial score (nSPS) is 12.6. The summed E-state index contributed by atoms with van der Waals surface area (Å²) in [6.07, 6.45) is 0. The SMILES string of the molecule is Clc1cccc(Cn2c(CNCc3ccc4c(c3)OCO4)nc3ccc(Cl)cc32)c1. The van der Waals surface area contributed by atoms with Crippen LogP contribution in [0.15, 0.2) is 60.7 Å². The number of imidazole rings is 1. The molecule has 0 spiro atoms. The van der Waals surface area contributed by atoms with Gasteiger partial charge in [0.15, 0.2) is 11.5 Å². The van der Waals surface area contributed by atoms with Gasteiger partial charge in [-0.05, 0) is 53.6 Å². The molecule has 5 nitrogen and oxygen atoms in total. The Balaban J connectivity index is 1.39. The fraction of sp³-hybridized carbons (Fsp3) is 0.174. The van der Waals surface area contributed by atoms with E-state index < -0.39 is 0 Å². The molecular weight excluding hydrogens is 421 g/mol. The minimum absolute atomic E-state index is 0.280. The molecular formula is C23H19Cl2N3O2. The van der Waals surface area contributed by atoms with E-state index in [1.54, 1.807) is 0 Å². The summed E-state index contributed by atoms with van der Waals surface area (Å²) in [6.45, 7) is 2.25. The number of fused-ring (bicyclic) bond motifs is 2. The van der Waals surface area contributed by atoms with E-state index in [1.165, 1.54) is 0 Å². The lowest BCUT2D eigenvalue weighted by Gasteiger charge is -2.11. The van der Waals surface area contributed by atoms with Gasteiger partial charge in [0, 0.05) is 23.1 Å². The minimum Gasteiger partial charge on any atom is -0.454 e. The molecule has 1 N–H and O–H groups in total. The summed E-state index contributed by atoms with van der Waals surface area (Å²) in [5, 5.41) is 4.89. The number of rotatable bonds is 6. The van der Waals surface area contributed by atoms with Crippen molar-refractivity contribution in [2.45, 2.75) is 19.6 Å². The highest BCUT2D eigenvalue weighted by Crippen LogP contribution is 2.32. The van der Waals surface area contributed by atoms with Crippen LogP contribution in [0.3, 0.4) is 0 Å². The van der Waals surface area contributed by atoms with Crippen molar-refractivity contribution in [1.82, 2.24) is 14.9 Å². The number of hydrogen-bond donors (Lipinski definition) is 1. The maximum Gasteiger partial charge on any atom is 0.231 e. The van der Waals surface area contributed by atoms with Crippen LogP contribution in [0.1, 0.15) is 17.0 Å². The summed E-state index contributed by atoms with van der Waals surface area (Å²) in [5.74, 6) is 2.52. The quantitative estimate of drug-likeness (QED) is 0.436. The highest BCUT2D eigenvalue weighted by atomic mass is 35.5. The van der Waals surface area contributed by atoms with Crippen molar-refractivity contribution < 1.29 is 9.47 Å². The Hall–Kier alpha value is -2.73. The van der Waals surface area contributed by atoms with Gasteiger partial charge in [-0.15, -0.1) is 0 Å². The third kappa shape index (κ3) is 3.97. The largest absolute Gasteiger partial charge is 0.454 e. The van der Waals surface area contributed by atoms with E-state index in [9.17, 15) is 0 Å². The van der Waals surface area contributed by atoms with E-state index >= 15 is 0 Å². The highest BCUT2D eigenvalue weighted by Gasteiger charge is 2.14. The Labute approximate surface area is 184 Å². The van der Waals surface area contributed by atoms with Gasteiger partial charge in [-0.3, -0.25) is 0 Å². The van der Waals surface area contributed by atoms with Crippen molar-refractivity contribution in [2.75, 3.05) is 6.79 Å². The van der Waals surface area contributed by atoms with Crippen LogP contribution in [-0.4, -0.2) is 16.3 Å². The first kappa shape index (κ1) is 19.2. The summed E-state index contributed by atoms with van der Waals surface area (Å²) < 4.78 is 13.0. The molecule has 0 saturated heterocycles. The van der Waals surface area contributed by atoms with Crippen molar-refractivity contribution in [3.8, 4) is 11.5 Å². The van der Waals surface area contributed by atoms with Gasteiger partial charge in [-0.1, -0.05) is 41.4 Å². The summed E-state index contributed by atoms with van der Waals surface area (Å²) in [7, 11) is 0. The van der Waals surface area contributed by atoms with Gasteiger partial charge in [0.25, 0.3) is 0 Å². The lowest BCUT2D eigenvalue weighted by Crippen LogP contribution is -2.17. The van der Waals surface area contributed by atoms with Gasteiger partial charge < -0.3 is 19.4 Å². The van der Waals surface area contributed by atoms with E-state index in [0.717, 1.165) is 44.5 Å². The molecule has 0 unspecified atom stereocenters. The van der Waals surface area contributed by atoms with Crippen LogP contribution in [-0.2, 0) is 19.6 Å². The first-order valence-corrected chi connectivity index (χ1v) is 10.4. The highest BCUT2D eigenvalue weighted by molar-refractivity contribution is 6.31. The predicted octanol–water partition coefficient (Wildman–Crippen LogP) is 5.41. The van der Waals surface area contributed by atoms with Crippen molar-refractivity contribution in [2.24, 2.45) is 0 Å². The van der Waals surface area contributed by atoms with Gasteiger partial charge in [-0.2, -0.15) is 0 Å². The average molecular weight is 440 g/mol. The number of nitrogens with one attached hydrogen (secondary N) is 1. The molecule has 1 aliphatic heterocycles. The van der Waals surface area contributed by atoms with Crippen LogP contribution in [0.4, 0.5) is 0 Å². The van der Waals surface area contributed by atoms with Crippen LogP contribution in [0.25, 0.3) is 11.0 Å². The van der Waals surface area contributed by atoms with Crippen molar-refractivity contribution >= 4 is 34.2 Å². The van der Waals surface area contributed by atoms with Crippen LogP contribution >= 0.6 is 23.2 Å². The summed E-state index contributed by atoms with van der Waals surface area (Å²) in [4.78, 5) is 4.83. The first-order chi connectivity index (χ1) is 14.7. The molecule has 0 saturated carbocycles. The molecule has 7 heteroatoms. The minimum atomic E-state index is 0.280. The second kappa shape index (κ2) is 8.19. The number of ether oxygens (including phenoxy) is 2. The second-order valence-corrected chi connectivity index (χ2v) is 8.04. The number of aromatic nitrogens is 2. The molecule has 0 aliphatic carbocycles. The van der Waals surface area contributed by atoms with Gasteiger partial charge in [-0.25, -0.2) is 4.98 Å². The van der Waals surface area contributed by atoms with Crippen molar-refractivity contribution in [3.63, 3.8) is 0 Å². The van der Waals surface area contributed by atoms with Crippen LogP contribution in [0.5, 0.6) is 11.5 Å². The number of nitrogens with zero attached hydrogens (tertiary/aromatic N) is 2. The Morgan fingerprint density at radius 1 is 0.867 bits per heavy atom. The fourth-order valence-electron chi connectivity index (χ4n) is 3.64. The molecule has 0 fully saturated rings. The van der Waals surface area contributed by atoms with Crippen LogP contribution in [0.2, 0.25) is 10.0 Å². The fourth-order valence-corrected chi connectivity index (χ4v) is 4.02. The zero-order chi connectivity index (χ0) is 20.5. The molecule has 30 heavy (non-hydrogen) atoms. The van der Waals surface area contributed by atoms with Crippen LogP contribution in [0, 0.1) is 0 Å². The molecule has 0 atom stereocenters. The van der Waals surface area contributed by atoms with E-state index in [-0.39, 0.29) is 6.79 Å².